The van der Waals surface area contributed by atoms with Crippen molar-refractivity contribution < 1.29 is 32.2 Å². The number of nitrogens with one attached hydrogen (secondary N) is 1. The molecule has 8 heteroatoms. The molecule has 29 heavy (non-hydrogen) atoms. The van der Waals surface area contributed by atoms with Crippen molar-refractivity contribution in [1.29, 1.82) is 0 Å². The van der Waals surface area contributed by atoms with Crippen LogP contribution in [0.4, 0.5) is 13.2 Å². The average Bonchev–Trinajstić information content (AvgIpc) is 2.70. The second-order valence-electron chi connectivity index (χ2n) is 6.44. The summed E-state index contributed by atoms with van der Waals surface area (Å²) in [5.41, 5.74) is 0.707. The van der Waals surface area contributed by atoms with Gasteiger partial charge in [0.25, 0.3) is 0 Å². The standard InChI is InChI=1S/C21H24F3NO4/c1-13(15-6-8-16(9-7-15)21(22,23)24)25-19(26)10-5-14-11-17(27-2)20(29-4)18(12-14)28-3/h6-9,11-13H,5,10H2,1-4H3,(H,25,26)/t13-/m1/s1. The molecule has 2 aromatic rings. The van der Waals surface area contributed by atoms with Crippen LogP contribution in [0.5, 0.6) is 17.2 Å². The number of methoxy groups -OCH3 is 3. The summed E-state index contributed by atoms with van der Waals surface area (Å²) in [4.78, 5) is 12.3. The molecule has 0 bridgehead atoms. The molecule has 0 fully saturated rings. The van der Waals surface area contributed by atoms with E-state index in [1.165, 1.54) is 33.5 Å². The van der Waals surface area contributed by atoms with Gasteiger partial charge in [0.1, 0.15) is 0 Å². The van der Waals surface area contributed by atoms with E-state index in [1.54, 1.807) is 19.1 Å². The zero-order chi connectivity index (χ0) is 21.6. The molecule has 5 nitrogen and oxygen atoms in total. The van der Waals surface area contributed by atoms with Gasteiger partial charge in [-0.15, -0.1) is 0 Å². The number of carbonyl (C=O) groups excluding carboxylic acids is 1. The number of aryl methyl sites for hydroxylation is 1. The SMILES string of the molecule is COc1cc(CCC(=O)N[C@H](C)c2ccc(C(F)(F)F)cc2)cc(OC)c1OC. The molecular formula is C21H24F3NO4. The number of hydrogen-bond acceptors (Lipinski definition) is 4. The lowest BCUT2D eigenvalue weighted by Gasteiger charge is -2.16. The lowest BCUT2D eigenvalue weighted by atomic mass is 10.0. The fourth-order valence-electron chi connectivity index (χ4n) is 2.90. The molecule has 1 atom stereocenters. The van der Waals surface area contributed by atoms with E-state index < -0.39 is 17.8 Å². The first-order valence-electron chi connectivity index (χ1n) is 8.95. The minimum Gasteiger partial charge on any atom is -0.493 e. The van der Waals surface area contributed by atoms with Crippen LogP contribution in [-0.4, -0.2) is 27.2 Å². The van der Waals surface area contributed by atoms with E-state index in [1.807, 2.05) is 0 Å². The second-order valence-corrected chi connectivity index (χ2v) is 6.44. The molecule has 0 spiro atoms. The first-order valence-corrected chi connectivity index (χ1v) is 8.95. The van der Waals surface area contributed by atoms with Crippen molar-refractivity contribution in [3.8, 4) is 17.2 Å². The molecule has 1 N–H and O–H groups in total. The number of benzene rings is 2. The van der Waals surface area contributed by atoms with Gasteiger partial charge in [-0.2, -0.15) is 13.2 Å². The molecule has 0 aliphatic carbocycles. The summed E-state index contributed by atoms with van der Waals surface area (Å²) in [6.07, 6.45) is -3.75. The normalized spacial score (nSPS) is 12.2. The molecular weight excluding hydrogens is 387 g/mol. The van der Waals surface area contributed by atoms with Gasteiger partial charge in [0.2, 0.25) is 11.7 Å². The summed E-state index contributed by atoms with van der Waals surface area (Å²) in [5.74, 6) is 1.26. The average molecular weight is 411 g/mol. The van der Waals surface area contributed by atoms with Crippen LogP contribution < -0.4 is 19.5 Å². The van der Waals surface area contributed by atoms with Crippen LogP contribution in [0, 0.1) is 0 Å². The molecule has 0 saturated carbocycles. The van der Waals surface area contributed by atoms with Crippen molar-refractivity contribution in [2.45, 2.75) is 32.0 Å². The Morgan fingerprint density at radius 1 is 1.00 bits per heavy atom. The summed E-state index contributed by atoms with van der Waals surface area (Å²) in [6.45, 7) is 1.72. The highest BCUT2D eigenvalue weighted by Crippen LogP contribution is 2.38. The van der Waals surface area contributed by atoms with E-state index in [0.29, 0.717) is 29.2 Å². The van der Waals surface area contributed by atoms with Gasteiger partial charge in [0, 0.05) is 6.42 Å². The Morgan fingerprint density at radius 2 is 1.55 bits per heavy atom. The highest BCUT2D eigenvalue weighted by molar-refractivity contribution is 5.76. The number of ether oxygens (including phenoxy) is 3. The van der Waals surface area contributed by atoms with Crippen LogP contribution in [0.25, 0.3) is 0 Å². The number of halogens is 3. The monoisotopic (exact) mass is 411 g/mol. The van der Waals surface area contributed by atoms with Gasteiger partial charge >= 0.3 is 6.18 Å². The maximum Gasteiger partial charge on any atom is 0.416 e. The molecule has 158 valence electrons. The van der Waals surface area contributed by atoms with Crippen LogP contribution in [0.3, 0.4) is 0 Å². The summed E-state index contributed by atoms with van der Waals surface area (Å²) in [6, 6.07) is 7.88. The third kappa shape index (κ3) is 5.79. The third-order valence-corrected chi connectivity index (χ3v) is 4.48. The van der Waals surface area contributed by atoms with Crippen molar-refractivity contribution in [3.05, 3.63) is 53.1 Å². The van der Waals surface area contributed by atoms with Crippen LogP contribution in [-0.2, 0) is 17.4 Å². The van der Waals surface area contributed by atoms with E-state index in [4.69, 9.17) is 14.2 Å². The largest absolute Gasteiger partial charge is 0.493 e. The van der Waals surface area contributed by atoms with Gasteiger partial charge in [-0.25, -0.2) is 0 Å². The highest BCUT2D eigenvalue weighted by atomic mass is 19.4. The number of carbonyl (C=O) groups is 1. The number of rotatable bonds is 8. The quantitative estimate of drug-likeness (QED) is 0.693. The lowest BCUT2D eigenvalue weighted by molar-refractivity contribution is -0.137. The lowest BCUT2D eigenvalue weighted by Crippen LogP contribution is -2.26. The van der Waals surface area contributed by atoms with Crippen molar-refractivity contribution in [1.82, 2.24) is 5.32 Å². The van der Waals surface area contributed by atoms with Crippen molar-refractivity contribution in [2.24, 2.45) is 0 Å². The van der Waals surface area contributed by atoms with Crippen LogP contribution >= 0.6 is 0 Å². The van der Waals surface area contributed by atoms with E-state index in [0.717, 1.165) is 17.7 Å². The van der Waals surface area contributed by atoms with Crippen molar-refractivity contribution in [2.75, 3.05) is 21.3 Å². The molecule has 2 aromatic carbocycles. The molecule has 0 radical (unpaired) electrons. The fraction of sp³-hybridized carbons (Fsp3) is 0.381. The predicted octanol–water partition coefficient (Wildman–Crippen LogP) is 4.54. The predicted molar refractivity (Wildman–Crippen MR) is 102 cm³/mol. The van der Waals surface area contributed by atoms with Crippen molar-refractivity contribution >= 4 is 5.91 Å². The topological polar surface area (TPSA) is 56.8 Å². The maximum absolute atomic E-state index is 12.7. The Balaban J connectivity index is 1.99. The maximum atomic E-state index is 12.7. The van der Waals surface area contributed by atoms with E-state index >= 15 is 0 Å². The molecule has 1 amide bonds. The van der Waals surface area contributed by atoms with Crippen LogP contribution in [0.2, 0.25) is 0 Å². The minimum atomic E-state index is -4.38. The number of hydrogen-bond donors (Lipinski definition) is 1. The van der Waals surface area contributed by atoms with Gasteiger partial charge < -0.3 is 19.5 Å². The molecule has 0 aliphatic rings. The first kappa shape index (κ1) is 22.4. The summed E-state index contributed by atoms with van der Waals surface area (Å²) >= 11 is 0. The molecule has 0 saturated heterocycles. The molecule has 0 aromatic heterocycles. The molecule has 0 heterocycles. The van der Waals surface area contributed by atoms with E-state index in [-0.39, 0.29) is 12.3 Å². The van der Waals surface area contributed by atoms with Crippen LogP contribution in [0.15, 0.2) is 36.4 Å². The third-order valence-electron chi connectivity index (χ3n) is 4.48. The fourth-order valence-corrected chi connectivity index (χ4v) is 2.90. The van der Waals surface area contributed by atoms with Gasteiger partial charge in [-0.3, -0.25) is 4.79 Å². The highest BCUT2D eigenvalue weighted by Gasteiger charge is 2.30. The number of amides is 1. The zero-order valence-electron chi connectivity index (χ0n) is 16.7. The molecule has 2 rings (SSSR count). The van der Waals surface area contributed by atoms with Crippen LogP contribution in [0.1, 0.15) is 36.1 Å². The van der Waals surface area contributed by atoms with Gasteiger partial charge in [0.05, 0.1) is 32.9 Å². The Kier molecular flexibility index (Phi) is 7.36. The first-order chi connectivity index (χ1) is 13.7. The molecule has 0 unspecified atom stereocenters. The van der Waals surface area contributed by atoms with E-state index in [2.05, 4.69) is 5.32 Å². The number of alkyl halides is 3. The Morgan fingerprint density at radius 3 is 2.00 bits per heavy atom. The van der Waals surface area contributed by atoms with Gasteiger partial charge in [-0.1, -0.05) is 12.1 Å². The summed E-state index contributed by atoms with van der Waals surface area (Å²) in [7, 11) is 4.54. The van der Waals surface area contributed by atoms with Gasteiger partial charge in [-0.05, 0) is 48.7 Å². The summed E-state index contributed by atoms with van der Waals surface area (Å²) in [5, 5.41) is 2.80. The Hall–Kier alpha value is -2.90. The Labute approximate surface area is 167 Å². The van der Waals surface area contributed by atoms with E-state index in [9.17, 15) is 18.0 Å². The smallest absolute Gasteiger partial charge is 0.416 e. The van der Waals surface area contributed by atoms with Gasteiger partial charge in [0.15, 0.2) is 11.5 Å². The second kappa shape index (κ2) is 9.54. The van der Waals surface area contributed by atoms with Crippen molar-refractivity contribution in [3.63, 3.8) is 0 Å². The molecule has 0 aliphatic heterocycles. The minimum absolute atomic E-state index is 0.198. The summed E-state index contributed by atoms with van der Waals surface area (Å²) < 4.78 is 53.8. The Bertz CT molecular complexity index is 810. The zero-order valence-corrected chi connectivity index (χ0v) is 16.7.